The van der Waals surface area contributed by atoms with Crippen LogP contribution < -0.4 is 15.0 Å². The first kappa shape index (κ1) is 21.8. The van der Waals surface area contributed by atoms with Gasteiger partial charge in [0.25, 0.3) is 0 Å². The molecule has 32 heavy (non-hydrogen) atoms. The molecule has 2 aliphatic rings. The number of amides is 3. The molecule has 3 amide bonds. The summed E-state index contributed by atoms with van der Waals surface area (Å²) in [4.78, 5) is 42.9. The number of carbonyl (C=O) groups is 3. The lowest BCUT2D eigenvalue weighted by Gasteiger charge is -2.34. The van der Waals surface area contributed by atoms with Gasteiger partial charge in [-0.1, -0.05) is 17.3 Å². The van der Waals surface area contributed by atoms with Crippen LogP contribution in [-0.2, 0) is 14.4 Å². The van der Waals surface area contributed by atoms with Crippen molar-refractivity contribution < 1.29 is 23.6 Å². The number of hydrogen-bond acceptors (Lipinski definition) is 7. The van der Waals surface area contributed by atoms with Crippen LogP contribution in [0.2, 0.25) is 0 Å². The number of ether oxygens (including phenoxy) is 1. The third-order valence-corrected chi connectivity index (χ3v) is 5.57. The van der Waals surface area contributed by atoms with Crippen LogP contribution in [0.4, 0.5) is 11.5 Å². The number of anilines is 2. The van der Waals surface area contributed by atoms with E-state index >= 15 is 0 Å². The van der Waals surface area contributed by atoms with Crippen molar-refractivity contribution in [1.29, 1.82) is 0 Å². The molecule has 10 nitrogen and oxygen atoms in total. The Labute approximate surface area is 186 Å². The minimum absolute atomic E-state index is 0.0398. The number of nitrogens with zero attached hydrogens (tertiary/aromatic N) is 4. The molecule has 0 unspecified atom stereocenters. The molecule has 1 aromatic carbocycles. The van der Waals surface area contributed by atoms with Gasteiger partial charge in [-0.25, -0.2) is 0 Å². The van der Waals surface area contributed by atoms with Gasteiger partial charge in [-0.2, -0.15) is 0 Å². The molecule has 0 saturated carbocycles. The lowest BCUT2D eigenvalue weighted by atomic mass is 10.2. The highest BCUT2D eigenvalue weighted by molar-refractivity contribution is 5.97. The van der Waals surface area contributed by atoms with Crippen LogP contribution in [0, 0.1) is 6.92 Å². The molecule has 3 heterocycles. The van der Waals surface area contributed by atoms with Crippen molar-refractivity contribution in [3.8, 4) is 5.75 Å². The lowest BCUT2D eigenvalue weighted by Crippen LogP contribution is -2.50. The fraction of sp³-hybridized carbons (Fsp3) is 0.455. The summed E-state index contributed by atoms with van der Waals surface area (Å²) >= 11 is 0. The zero-order chi connectivity index (χ0) is 22.5. The number of piperazine rings is 1. The van der Waals surface area contributed by atoms with Gasteiger partial charge in [-0.15, -0.1) is 0 Å². The molecule has 2 aromatic rings. The average Bonchev–Trinajstić information content (AvgIpc) is 3.21. The number of fused-ring (bicyclic) bond motifs is 1. The van der Waals surface area contributed by atoms with E-state index in [0.29, 0.717) is 56.7 Å². The molecule has 170 valence electrons. The Bertz CT molecular complexity index is 983. The van der Waals surface area contributed by atoms with E-state index in [1.807, 2.05) is 29.2 Å². The molecule has 0 spiro atoms. The van der Waals surface area contributed by atoms with Crippen LogP contribution >= 0.6 is 0 Å². The Morgan fingerprint density at radius 2 is 1.78 bits per heavy atom. The maximum absolute atomic E-state index is 12.7. The van der Waals surface area contributed by atoms with E-state index in [1.165, 1.54) is 0 Å². The third-order valence-electron chi connectivity index (χ3n) is 5.57. The smallest absolute Gasteiger partial charge is 0.239 e. The Morgan fingerprint density at radius 1 is 1.03 bits per heavy atom. The van der Waals surface area contributed by atoms with E-state index in [9.17, 15) is 14.4 Å². The average molecular weight is 441 g/mol. The predicted molar refractivity (Wildman–Crippen MR) is 116 cm³/mol. The minimum Gasteiger partial charge on any atom is -0.490 e. The summed E-state index contributed by atoms with van der Waals surface area (Å²) in [5.74, 6) is 1.43. The molecule has 1 N–H and O–H groups in total. The summed E-state index contributed by atoms with van der Waals surface area (Å²) in [6.07, 6.45) is 0.331. The van der Waals surface area contributed by atoms with E-state index in [4.69, 9.17) is 9.26 Å². The third kappa shape index (κ3) is 5.25. The van der Waals surface area contributed by atoms with Gasteiger partial charge < -0.3 is 24.4 Å². The number of rotatable bonds is 6. The number of para-hydroxylation sites is 2. The van der Waals surface area contributed by atoms with Crippen molar-refractivity contribution in [1.82, 2.24) is 15.0 Å². The topological polar surface area (TPSA) is 108 Å². The molecule has 1 saturated heterocycles. The van der Waals surface area contributed by atoms with Crippen molar-refractivity contribution in [3.05, 3.63) is 36.1 Å². The van der Waals surface area contributed by atoms with Gasteiger partial charge in [0.15, 0.2) is 5.82 Å². The normalized spacial score (nSPS) is 16.3. The van der Waals surface area contributed by atoms with Crippen LogP contribution in [0.25, 0.3) is 0 Å². The lowest BCUT2D eigenvalue weighted by molar-refractivity contribution is -0.135. The summed E-state index contributed by atoms with van der Waals surface area (Å²) in [7, 11) is 0. The highest BCUT2D eigenvalue weighted by Crippen LogP contribution is 2.31. The molecular formula is C22H27N5O5. The number of aromatic nitrogens is 1. The van der Waals surface area contributed by atoms with Gasteiger partial charge in [0.05, 0.1) is 18.8 Å². The van der Waals surface area contributed by atoms with Crippen LogP contribution in [-0.4, -0.2) is 78.6 Å². The second-order valence-electron chi connectivity index (χ2n) is 7.89. The maximum atomic E-state index is 12.7. The fourth-order valence-corrected chi connectivity index (χ4v) is 3.90. The van der Waals surface area contributed by atoms with Gasteiger partial charge in [0, 0.05) is 45.1 Å². The predicted octanol–water partition coefficient (Wildman–Crippen LogP) is 1.27. The quantitative estimate of drug-likeness (QED) is 0.719. The first-order chi connectivity index (χ1) is 15.5. The van der Waals surface area contributed by atoms with Crippen molar-refractivity contribution >= 4 is 29.2 Å². The van der Waals surface area contributed by atoms with E-state index in [1.54, 1.807) is 22.8 Å². The second-order valence-corrected chi connectivity index (χ2v) is 7.89. The fourth-order valence-electron chi connectivity index (χ4n) is 3.90. The summed E-state index contributed by atoms with van der Waals surface area (Å²) < 4.78 is 10.5. The van der Waals surface area contributed by atoms with Crippen molar-refractivity contribution in [2.24, 2.45) is 0 Å². The standard InChI is InChI=1S/C22H27N5O5/c1-16-14-19(24-32-16)23-20(28)15-25-8-10-26(11-9-25)21(29)6-7-22(30)27-12-13-31-18-5-3-2-4-17(18)27/h2-5,14H,6-13,15H2,1H3,(H,23,24,28). The van der Waals surface area contributed by atoms with Gasteiger partial charge in [-0.05, 0) is 19.1 Å². The van der Waals surface area contributed by atoms with Gasteiger partial charge >= 0.3 is 0 Å². The van der Waals surface area contributed by atoms with E-state index < -0.39 is 0 Å². The van der Waals surface area contributed by atoms with Gasteiger partial charge in [0.2, 0.25) is 17.7 Å². The molecule has 10 heteroatoms. The Hall–Kier alpha value is -3.40. The summed E-state index contributed by atoms with van der Waals surface area (Å²) in [6.45, 7) is 5.17. The largest absolute Gasteiger partial charge is 0.490 e. The zero-order valence-corrected chi connectivity index (χ0v) is 18.1. The first-order valence-corrected chi connectivity index (χ1v) is 10.7. The molecular weight excluding hydrogens is 414 g/mol. The number of nitrogens with one attached hydrogen (secondary N) is 1. The van der Waals surface area contributed by atoms with Crippen LogP contribution in [0.3, 0.4) is 0 Å². The highest BCUT2D eigenvalue weighted by atomic mass is 16.5. The van der Waals surface area contributed by atoms with E-state index in [2.05, 4.69) is 10.5 Å². The van der Waals surface area contributed by atoms with Crippen LogP contribution in [0.1, 0.15) is 18.6 Å². The minimum atomic E-state index is -0.172. The van der Waals surface area contributed by atoms with E-state index in [0.717, 1.165) is 5.69 Å². The van der Waals surface area contributed by atoms with Gasteiger partial charge in [-0.3, -0.25) is 19.3 Å². The Kier molecular flexibility index (Phi) is 6.69. The Morgan fingerprint density at radius 3 is 2.53 bits per heavy atom. The van der Waals surface area contributed by atoms with Gasteiger partial charge in [0.1, 0.15) is 18.1 Å². The molecule has 2 aliphatic heterocycles. The first-order valence-electron chi connectivity index (χ1n) is 10.7. The van der Waals surface area contributed by atoms with Crippen LogP contribution in [0.5, 0.6) is 5.75 Å². The Balaban J connectivity index is 1.19. The van der Waals surface area contributed by atoms with E-state index in [-0.39, 0.29) is 37.1 Å². The molecule has 1 fully saturated rings. The molecule has 4 rings (SSSR count). The maximum Gasteiger partial charge on any atom is 0.239 e. The zero-order valence-electron chi connectivity index (χ0n) is 18.1. The molecule has 0 radical (unpaired) electrons. The molecule has 0 bridgehead atoms. The monoisotopic (exact) mass is 441 g/mol. The SMILES string of the molecule is Cc1cc(NC(=O)CN2CCN(C(=O)CCC(=O)N3CCOc4ccccc43)CC2)no1. The summed E-state index contributed by atoms with van der Waals surface area (Å²) in [6, 6.07) is 9.09. The van der Waals surface area contributed by atoms with Crippen molar-refractivity contribution in [2.45, 2.75) is 19.8 Å². The molecule has 0 aliphatic carbocycles. The van der Waals surface area contributed by atoms with Crippen molar-refractivity contribution in [3.63, 3.8) is 0 Å². The number of carbonyl (C=O) groups excluding carboxylic acids is 3. The number of benzene rings is 1. The van der Waals surface area contributed by atoms with Crippen molar-refractivity contribution in [2.75, 3.05) is 56.1 Å². The second kappa shape index (κ2) is 9.82. The molecule has 0 atom stereocenters. The highest BCUT2D eigenvalue weighted by Gasteiger charge is 2.26. The number of aryl methyl sites for hydroxylation is 1. The number of hydrogen-bond donors (Lipinski definition) is 1. The summed E-state index contributed by atoms with van der Waals surface area (Å²) in [5, 5.41) is 6.45. The summed E-state index contributed by atoms with van der Waals surface area (Å²) in [5.41, 5.74) is 0.754. The molecule has 1 aromatic heterocycles. The van der Waals surface area contributed by atoms with Crippen LogP contribution in [0.15, 0.2) is 34.9 Å².